The predicted molar refractivity (Wildman–Crippen MR) is 81.1 cm³/mol. The van der Waals surface area contributed by atoms with Crippen molar-refractivity contribution in [1.82, 2.24) is 19.9 Å². The molecule has 3 rings (SSSR count). The lowest BCUT2D eigenvalue weighted by Crippen LogP contribution is -2.24. The van der Waals surface area contributed by atoms with Gasteiger partial charge >= 0.3 is 6.18 Å². The Morgan fingerprint density at radius 2 is 1.96 bits per heavy atom. The van der Waals surface area contributed by atoms with Gasteiger partial charge in [0.15, 0.2) is 0 Å². The number of carbonyl (C=O) groups excluding carboxylic acids is 1. The van der Waals surface area contributed by atoms with Crippen molar-refractivity contribution in [3.8, 4) is 0 Å². The molecule has 0 radical (unpaired) electrons. The number of para-hydroxylation sites is 2. The summed E-state index contributed by atoms with van der Waals surface area (Å²) in [5, 5.41) is 2.63. The molecule has 8 heteroatoms. The Bertz CT molecular complexity index is 884. The number of imidazole rings is 1. The maximum Gasteiger partial charge on any atom is 0.433 e. The molecule has 3 aromatic rings. The molecule has 2 heterocycles. The summed E-state index contributed by atoms with van der Waals surface area (Å²) in [6.07, 6.45) is -3.62. The number of carbonyl (C=O) groups is 1. The van der Waals surface area contributed by atoms with Crippen molar-refractivity contribution in [2.75, 3.05) is 0 Å². The number of nitrogens with one attached hydrogen (secondary N) is 1. The average molecular weight is 334 g/mol. The highest BCUT2D eigenvalue weighted by Gasteiger charge is 2.32. The Labute approximate surface area is 135 Å². The van der Waals surface area contributed by atoms with Crippen LogP contribution in [0.15, 0.2) is 42.6 Å². The molecular weight excluding hydrogens is 321 g/mol. The quantitative estimate of drug-likeness (QED) is 0.801. The second-order valence-electron chi connectivity index (χ2n) is 5.19. The van der Waals surface area contributed by atoms with Crippen molar-refractivity contribution in [1.29, 1.82) is 0 Å². The van der Waals surface area contributed by atoms with Gasteiger partial charge in [-0.25, -0.2) is 4.98 Å². The maximum absolute atomic E-state index is 12.5. The lowest BCUT2D eigenvalue weighted by Gasteiger charge is -2.07. The van der Waals surface area contributed by atoms with Crippen molar-refractivity contribution in [3.05, 3.63) is 59.7 Å². The molecular formula is C16H13F3N4O. The first-order chi connectivity index (χ1) is 11.4. The summed E-state index contributed by atoms with van der Waals surface area (Å²) in [6, 6.07) is 9.41. The monoisotopic (exact) mass is 334 g/mol. The molecule has 0 atom stereocenters. The van der Waals surface area contributed by atoms with Gasteiger partial charge in [0.05, 0.1) is 23.1 Å². The van der Waals surface area contributed by atoms with Gasteiger partial charge in [0.2, 0.25) is 0 Å². The Hall–Kier alpha value is -2.90. The molecule has 24 heavy (non-hydrogen) atoms. The number of pyridine rings is 1. The zero-order chi connectivity index (χ0) is 17.3. The number of fused-ring (bicyclic) bond motifs is 1. The van der Waals surface area contributed by atoms with Crippen LogP contribution in [0.3, 0.4) is 0 Å². The van der Waals surface area contributed by atoms with E-state index in [1.54, 1.807) is 0 Å². The van der Waals surface area contributed by atoms with Gasteiger partial charge in [-0.05, 0) is 24.3 Å². The van der Waals surface area contributed by atoms with E-state index in [-0.39, 0.29) is 12.1 Å². The molecule has 0 saturated heterocycles. The number of nitrogens with zero attached hydrogens (tertiary/aromatic N) is 3. The van der Waals surface area contributed by atoms with Crippen LogP contribution in [0, 0.1) is 0 Å². The van der Waals surface area contributed by atoms with Gasteiger partial charge in [0.25, 0.3) is 5.91 Å². The zero-order valence-corrected chi connectivity index (χ0v) is 12.6. The first kappa shape index (κ1) is 16.0. The van der Waals surface area contributed by atoms with Crippen molar-refractivity contribution in [3.63, 3.8) is 0 Å². The highest BCUT2D eigenvalue weighted by Crippen LogP contribution is 2.27. The molecule has 0 spiro atoms. The minimum Gasteiger partial charge on any atom is -0.345 e. The standard InChI is InChI=1S/C16H13F3N4O/c1-23-12-5-3-2-4-11(12)22-14(23)9-21-15(24)10-6-7-13(20-8-10)16(17,18)19/h2-8H,9H2,1H3,(H,21,24). The van der Waals surface area contributed by atoms with Crippen LogP contribution in [0.25, 0.3) is 11.0 Å². The van der Waals surface area contributed by atoms with Crippen molar-refractivity contribution in [2.24, 2.45) is 7.05 Å². The van der Waals surface area contributed by atoms with Crippen molar-refractivity contribution in [2.45, 2.75) is 12.7 Å². The molecule has 0 aliphatic rings. The number of hydrogen-bond acceptors (Lipinski definition) is 3. The third-order valence-corrected chi connectivity index (χ3v) is 3.60. The fourth-order valence-corrected chi connectivity index (χ4v) is 2.31. The summed E-state index contributed by atoms with van der Waals surface area (Å²) in [7, 11) is 1.83. The largest absolute Gasteiger partial charge is 0.433 e. The Balaban J connectivity index is 1.72. The number of benzene rings is 1. The van der Waals surface area contributed by atoms with E-state index < -0.39 is 17.8 Å². The Morgan fingerprint density at radius 3 is 2.58 bits per heavy atom. The van der Waals surface area contributed by atoms with Crippen LogP contribution in [0.5, 0.6) is 0 Å². The third kappa shape index (κ3) is 3.08. The zero-order valence-electron chi connectivity index (χ0n) is 12.6. The van der Waals surface area contributed by atoms with Gasteiger partial charge < -0.3 is 9.88 Å². The lowest BCUT2D eigenvalue weighted by molar-refractivity contribution is -0.141. The molecule has 0 aliphatic heterocycles. The number of aryl methyl sites for hydroxylation is 1. The minimum atomic E-state index is -4.53. The van der Waals surface area contributed by atoms with Crippen LogP contribution in [0.1, 0.15) is 21.9 Å². The Kier molecular flexibility index (Phi) is 3.96. The van der Waals surface area contributed by atoms with E-state index in [9.17, 15) is 18.0 Å². The van der Waals surface area contributed by atoms with Gasteiger partial charge in [0, 0.05) is 13.2 Å². The van der Waals surface area contributed by atoms with Crippen molar-refractivity contribution >= 4 is 16.9 Å². The van der Waals surface area contributed by atoms with Crippen LogP contribution >= 0.6 is 0 Å². The Morgan fingerprint density at radius 1 is 1.21 bits per heavy atom. The number of hydrogen-bond donors (Lipinski definition) is 1. The van der Waals surface area contributed by atoms with Crippen LogP contribution in [0.4, 0.5) is 13.2 Å². The minimum absolute atomic E-state index is 0.0572. The molecule has 0 unspecified atom stereocenters. The SMILES string of the molecule is Cn1c(CNC(=O)c2ccc(C(F)(F)F)nc2)nc2ccccc21. The topological polar surface area (TPSA) is 59.8 Å². The first-order valence-electron chi connectivity index (χ1n) is 7.08. The van der Waals surface area contributed by atoms with E-state index in [0.717, 1.165) is 29.4 Å². The molecule has 1 N–H and O–H groups in total. The first-order valence-corrected chi connectivity index (χ1v) is 7.08. The summed E-state index contributed by atoms with van der Waals surface area (Å²) in [4.78, 5) is 19.7. The maximum atomic E-state index is 12.5. The second-order valence-corrected chi connectivity index (χ2v) is 5.19. The number of rotatable bonds is 3. The van der Waals surface area contributed by atoms with Crippen LogP contribution in [-0.4, -0.2) is 20.4 Å². The third-order valence-electron chi connectivity index (χ3n) is 3.60. The van der Waals surface area contributed by atoms with E-state index >= 15 is 0 Å². The number of amides is 1. The van der Waals surface area contributed by atoms with Crippen LogP contribution in [-0.2, 0) is 19.8 Å². The van der Waals surface area contributed by atoms with Crippen molar-refractivity contribution < 1.29 is 18.0 Å². The molecule has 5 nitrogen and oxygen atoms in total. The summed E-state index contributed by atoms with van der Waals surface area (Å²) < 4.78 is 39.2. The molecule has 0 bridgehead atoms. The van der Waals surface area contributed by atoms with Crippen LogP contribution < -0.4 is 5.32 Å². The molecule has 1 amide bonds. The number of alkyl halides is 3. The molecule has 1 aromatic carbocycles. The average Bonchev–Trinajstić information content (AvgIpc) is 2.88. The predicted octanol–water partition coefficient (Wildman–Crippen LogP) is 2.92. The summed E-state index contributed by atoms with van der Waals surface area (Å²) in [5.74, 6) is 0.132. The van der Waals surface area contributed by atoms with Gasteiger partial charge in [-0.1, -0.05) is 12.1 Å². The van der Waals surface area contributed by atoms with Gasteiger partial charge in [-0.15, -0.1) is 0 Å². The summed E-state index contributed by atoms with van der Waals surface area (Å²) in [6.45, 7) is 0.158. The molecule has 0 fully saturated rings. The number of halogens is 3. The van der Waals surface area contributed by atoms with E-state index in [1.165, 1.54) is 0 Å². The summed E-state index contributed by atoms with van der Waals surface area (Å²) >= 11 is 0. The number of aromatic nitrogens is 3. The van der Waals surface area contributed by atoms with Gasteiger partial charge in [-0.2, -0.15) is 13.2 Å². The molecule has 0 aliphatic carbocycles. The normalized spacial score (nSPS) is 11.7. The summed E-state index contributed by atoms with van der Waals surface area (Å²) in [5.41, 5.74) is 0.759. The highest BCUT2D eigenvalue weighted by atomic mass is 19.4. The van der Waals surface area contributed by atoms with E-state index in [0.29, 0.717) is 5.82 Å². The van der Waals surface area contributed by atoms with E-state index in [2.05, 4.69) is 15.3 Å². The molecule has 2 aromatic heterocycles. The second kappa shape index (κ2) is 5.95. The highest BCUT2D eigenvalue weighted by molar-refractivity contribution is 5.93. The lowest BCUT2D eigenvalue weighted by atomic mass is 10.2. The van der Waals surface area contributed by atoms with Gasteiger partial charge in [0.1, 0.15) is 11.5 Å². The fraction of sp³-hybridized carbons (Fsp3) is 0.188. The van der Waals surface area contributed by atoms with E-state index in [4.69, 9.17) is 0 Å². The molecule has 0 saturated carbocycles. The van der Waals surface area contributed by atoms with Gasteiger partial charge in [-0.3, -0.25) is 9.78 Å². The molecule has 124 valence electrons. The van der Waals surface area contributed by atoms with E-state index in [1.807, 2.05) is 35.9 Å². The smallest absolute Gasteiger partial charge is 0.345 e. The fourth-order valence-electron chi connectivity index (χ4n) is 2.31. The van der Waals surface area contributed by atoms with Crippen LogP contribution in [0.2, 0.25) is 0 Å².